The van der Waals surface area contributed by atoms with Crippen LogP contribution in [0.4, 0.5) is 0 Å². The smallest absolute Gasteiger partial charge is 0.140 e. The summed E-state index contributed by atoms with van der Waals surface area (Å²) in [5, 5.41) is 34.7. The molecule has 13 aromatic carbocycles. The number of fused-ring (bicyclic) bond motifs is 18. The Morgan fingerprint density at radius 1 is 0.202 bits per heavy atom. The fourth-order valence-corrected chi connectivity index (χ4v) is 15.7. The number of benzene rings is 13. The summed E-state index contributed by atoms with van der Waals surface area (Å²) in [6, 6.07) is 111. The van der Waals surface area contributed by atoms with Gasteiger partial charge in [-0.15, -0.1) is 0 Å². The summed E-state index contributed by atoms with van der Waals surface area (Å²) in [6.07, 6.45) is 0. The number of pyridine rings is 1. The Bertz CT molecular complexity index is 5860. The number of hydrogen-bond acceptors (Lipinski definition) is 3. The van der Waals surface area contributed by atoms with E-state index in [1.807, 2.05) is 12.1 Å². The zero-order valence-electron chi connectivity index (χ0n) is 50.3. The predicted molar refractivity (Wildman–Crippen MR) is 385 cm³/mol. The zero-order valence-corrected chi connectivity index (χ0v) is 50.3. The van der Waals surface area contributed by atoms with E-state index in [1.54, 1.807) is 6.07 Å². The summed E-state index contributed by atoms with van der Waals surface area (Å²) in [5.41, 5.74) is 19.4. The van der Waals surface area contributed by atoms with Crippen LogP contribution in [0.1, 0.15) is 11.1 Å². The molecule has 0 amide bonds. The van der Waals surface area contributed by atoms with Crippen LogP contribution in [-0.2, 0) is 0 Å². The first-order chi connectivity index (χ1) is 46.5. The van der Waals surface area contributed by atoms with Crippen molar-refractivity contribution in [2.45, 2.75) is 0 Å². The number of para-hydroxylation sites is 8. The summed E-state index contributed by atoms with van der Waals surface area (Å²) in [6.45, 7) is 0. The van der Waals surface area contributed by atoms with E-state index in [0.717, 1.165) is 122 Å². The molecule has 434 valence electrons. The molecule has 9 heteroatoms. The molecule has 0 saturated carbocycles. The maximum Gasteiger partial charge on any atom is 0.140 e. The fourth-order valence-electron chi connectivity index (χ4n) is 15.7. The van der Waals surface area contributed by atoms with Gasteiger partial charge < -0.3 is 18.3 Å². The van der Waals surface area contributed by atoms with Crippen LogP contribution in [0.2, 0.25) is 0 Å². The second-order valence-corrected chi connectivity index (χ2v) is 24.5. The molecular formula is C85H49N9. The molecule has 94 heavy (non-hydrogen) atoms. The van der Waals surface area contributed by atoms with Crippen molar-refractivity contribution in [3.63, 3.8) is 0 Å². The van der Waals surface area contributed by atoms with Gasteiger partial charge >= 0.3 is 0 Å². The molecular weight excluding hydrogens is 1150 g/mol. The van der Waals surface area contributed by atoms with Crippen LogP contribution in [0.15, 0.2) is 297 Å². The van der Waals surface area contributed by atoms with Crippen molar-refractivity contribution < 1.29 is 0 Å². The van der Waals surface area contributed by atoms with Crippen LogP contribution in [0.5, 0.6) is 0 Å². The van der Waals surface area contributed by atoms with Gasteiger partial charge in [0, 0.05) is 87.4 Å². The fraction of sp³-hybridized carbons (Fsp3) is 0. The second-order valence-electron chi connectivity index (χ2n) is 24.5. The first-order valence-electron chi connectivity index (χ1n) is 31.6. The maximum absolute atomic E-state index is 10.6. The number of rotatable bonds is 7. The summed E-state index contributed by atoms with van der Waals surface area (Å²) in [7, 11) is 0. The summed E-state index contributed by atoms with van der Waals surface area (Å²) >= 11 is 0. The van der Waals surface area contributed by atoms with E-state index in [1.165, 1.54) is 43.1 Å². The monoisotopic (exact) mass is 1200 g/mol. The predicted octanol–water partition coefficient (Wildman–Crippen LogP) is 21.1. The lowest BCUT2D eigenvalue weighted by molar-refractivity contribution is 1.01. The molecule has 0 unspecified atom stereocenters. The zero-order chi connectivity index (χ0) is 61.9. The SMILES string of the molecule is N#Cc1ccc(-c2cc(-n3c4ccc(-n5c6ccccc6c6ccccc65)cc4c4cc(-n5c6ccccc6c6ccccc65)ccc43)nc(-n3c4ccc(-n5c6ccccc6c6ccccc65)cc4c4cc(-n5c6ccccc6c6ccccc65)ccc43)c2)cc1C#N. The van der Waals surface area contributed by atoms with E-state index >= 15 is 0 Å². The van der Waals surface area contributed by atoms with Crippen LogP contribution in [-0.4, -0.2) is 32.4 Å². The van der Waals surface area contributed by atoms with Gasteiger partial charge in [-0.25, -0.2) is 4.98 Å². The van der Waals surface area contributed by atoms with Gasteiger partial charge in [0.1, 0.15) is 23.8 Å². The highest BCUT2D eigenvalue weighted by Crippen LogP contribution is 2.44. The first-order valence-corrected chi connectivity index (χ1v) is 31.6. The molecule has 0 atom stereocenters. The van der Waals surface area contributed by atoms with E-state index in [4.69, 9.17) is 4.98 Å². The topological polar surface area (TPSA) is 90.0 Å². The van der Waals surface area contributed by atoms with Crippen molar-refractivity contribution in [3.05, 3.63) is 308 Å². The highest BCUT2D eigenvalue weighted by molar-refractivity contribution is 6.17. The van der Waals surface area contributed by atoms with Crippen molar-refractivity contribution in [3.8, 4) is 57.7 Å². The Kier molecular flexibility index (Phi) is 10.8. The molecule has 20 aromatic rings. The van der Waals surface area contributed by atoms with Crippen LogP contribution in [0, 0.1) is 22.7 Å². The van der Waals surface area contributed by atoms with Crippen molar-refractivity contribution >= 4 is 131 Å². The van der Waals surface area contributed by atoms with Crippen LogP contribution in [0.25, 0.3) is 176 Å². The largest absolute Gasteiger partial charge is 0.309 e. The highest BCUT2D eigenvalue weighted by atomic mass is 15.1. The van der Waals surface area contributed by atoms with E-state index in [-0.39, 0.29) is 0 Å². The molecule has 0 aliphatic heterocycles. The molecule has 7 aromatic heterocycles. The molecule has 0 spiro atoms. The van der Waals surface area contributed by atoms with E-state index in [9.17, 15) is 10.5 Å². The first kappa shape index (κ1) is 51.7. The second kappa shape index (κ2) is 19.6. The number of nitrogens with zero attached hydrogens (tertiary/aromatic N) is 9. The van der Waals surface area contributed by atoms with Crippen LogP contribution in [0.3, 0.4) is 0 Å². The van der Waals surface area contributed by atoms with Crippen LogP contribution < -0.4 is 0 Å². The molecule has 0 N–H and O–H groups in total. The van der Waals surface area contributed by atoms with E-state index in [2.05, 4.69) is 319 Å². The summed E-state index contributed by atoms with van der Waals surface area (Å²) < 4.78 is 14.2. The third-order valence-electron chi connectivity index (χ3n) is 19.7. The quantitative estimate of drug-likeness (QED) is 0.159. The molecule has 9 nitrogen and oxygen atoms in total. The summed E-state index contributed by atoms with van der Waals surface area (Å²) in [4.78, 5) is 5.93. The molecule has 0 aliphatic carbocycles. The number of aromatic nitrogens is 7. The van der Waals surface area contributed by atoms with Gasteiger partial charge in [-0.1, -0.05) is 152 Å². The molecule has 7 heterocycles. The van der Waals surface area contributed by atoms with Gasteiger partial charge in [0.05, 0.1) is 77.3 Å². The molecule has 0 aliphatic rings. The number of hydrogen-bond donors (Lipinski definition) is 0. The van der Waals surface area contributed by atoms with Gasteiger partial charge in [0.25, 0.3) is 0 Å². The van der Waals surface area contributed by atoms with Gasteiger partial charge in [0.15, 0.2) is 0 Å². The average Bonchev–Trinajstić information content (AvgIpc) is 1.57. The molecule has 0 saturated heterocycles. The standard InChI is InChI=1S/C85H49N9/c86-50-53-34-33-52(43-55(53)51-87)54-44-84(93-80-39-35-56(89-72-25-9-1-17-60(72)61-18-2-10-26-73(61)89)46-68(80)69-47-57(36-40-81(69)93)90-74-27-11-3-19-62(74)63-20-4-12-28-75(63)90)88-85(45-54)94-82-41-37-58(91-76-29-13-5-21-64(76)65-22-6-14-30-77(65)91)48-70(82)71-49-59(38-42-83(71)94)92-78-31-15-7-23-66(78)67-24-8-16-32-79(67)92/h1-49H. The van der Waals surface area contributed by atoms with Crippen LogP contribution >= 0.6 is 0 Å². The molecule has 0 bridgehead atoms. The van der Waals surface area contributed by atoms with Gasteiger partial charge in [0.2, 0.25) is 0 Å². The Balaban J connectivity index is 0.882. The normalized spacial score (nSPS) is 12.0. The van der Waals surface area contributed by atoms with Gasteiger partial charge in [-0.2, -0.15) is 10.5 Å². The molecule has 0 radical (unpaired) electrons. The number of nitriles is 2. The Morgan fingerprint density at radius 3 is 0.702 bits per heavy atom. The molecule has 0 fully saturated rings. The van der Waals surface area contributed by atoms with Crippen molar-refractivity contribution in [2.24, 2.45) is 0 Å². The maximum atomic E-state index is 10.6. The van der Waals surface area contributed by atoms with E-state index in [0.29, 0.717) is 22.8 Å². The van der Waals surface area contributed by atoms with Crippen molar-refractivity contribution in [1.82, 2.24) is 32.4 Å². The minimum Gasteiger partial charge on any atom is -0.309 e. The molecule has 20 rings (SSSR count). The third kappa shape index (κ3) is 7.29. The Morgan fingerprint density at radius 2 is 0.447 bits per heavy atom. The van der Waals surface area contributed by atoms with Crippen molar-refractivity contribution in [2.75, 3.05) is 0 Å². The van der Waals surface area contributed by atoms with Gasteiger partial charge in [-0.3, -0.25) is 9.13 Å². The minimum absolute atomic E-state index is 0.305. The van der Waals surface area contributed by atoms with E-state index < -0.39 is 0 Å². The van der Waals surface area contributed by atoms with Crippen molar-refractivity contribution in [1.29, 1.82) is 10.5 Å². The highest BCUT2D eigenvalue weighted by Gasteiger charge is 2.25. The average molecular weight is 1200 g/mol. The lowest BCUT2D eigenvalue weighted by Crippen LogP contribution is -2.05. The lowest BCUT2D eigenvalue weighted by Gasteiger charge is -2.16. The third-order valence-corrected chi connectivity index (χ3v) is 19.7. The minimum atomic E-state index is 0.305. The Labute approximate surface area is 536 Å². The lowest BCUT2D eigenvalue weighted by atomic mass is 10.0. The van der Waals surface area contributed by atoms with Gasteiger partial charge in [-0.05, 0) is 157 Å². The summed E-state index contributed by atoms with van der Waals surface area (Å²) in [5.74, 6) is 1.37. The Hall–Kier alpha value is -13.2.